The molecule has 2 aliphatic rings. The number of hydrogen-bond acceptors (Lipinski definition) is 3. The first kappa shape index (κ1) is 12.4. The van der Waals surface area contributed by atoms with E-state index in [-0.39, 0.29) is 17.6 Å². The minimum atomic E-state index is -0.961. The summed E-state index contributed by atoms with van der Waals surface area (Å²) in [5.41, 5.74) is 0.747. The average Bonchev–Trinajstić information content (AvgIpc) is 2.69. The van der Waals surface area contributed by atoms with Gasteiger partial charge in [-0.15, -0.1) is 0 Å². The molecule has 2 atom stereocenters. The summed E-state index contributed by atoms with van der Waals surface area (Å²) >= 11 is 0. The molecule has 1 aliphatic carbocycles. The predicted molar refractivity (Wildman–Crippen MR) is 74.8 cm³/mol. The van der Waals surface area contributed by atoms with Crippen LogP contribution in [0.15, 0.2) is 42.1 Å². The highest BCUT2D eigenvalue weighted by Crippen LogP contribution is 2.52. The molecule has 1 heterocycles. The van der Waals surface area contributed by atoms with Crippen molar-refractivity contribution >= 4 is 11.5 Å². The van der Waals surface area contributed by atoms with Gasteiger partial charge in [-0.3, -0.25) is 4.79 Å². The molecule has 3 nitrogen and oxygen atoms in total. The molecule has 0 saturated carbocycles. The standard InChI is InChI=1S/C16H19NO2/c1-15-8-9-17(12-6-4-3-5-7-12)14(15)10-13(18)11-16(15,2)19/h3-7,10,19H,8-9,11H2,1-2H3/t15-,16-/m1/s1. The SMILES string of the molecule is C[C@@]1(O)CC(=O)C=C2N(c3ccccc3)CC[C@]21C. The Balaban J connectivity index is 2.07. The summed E-state index contributed by atoms with van der Waals surface area (Å²) in [7, 11) is 0. The van der Waals surface area contributed by atoms with Gasteiger partial charge in [0.2, 0.25) is 0 Å². The van der Waals surface area contributed by atoms with Gasteiger partial charge in [-0.2, -0.15) is 0 Å². The van der Waals surface area contributed by atoms with Crippen molar-refractivity contribution in [1.82, 2.24) is 0 Å². The van der Waals surface area contributed by atoms with Gasteiger partial charge < -0.3 is 10.0 Å². The number of ketones is 1. The summed E-state index contributed by atoms with van der Waals surface area (Å²) in [6.07, 6.45) is 2.81. The first-order valence-corrected chi connectivity index (χ1v) is 6.74. The van der Waals surface area contributed by atoms with E-state index in [2.05, 4.69) is 11.8 Å². The van der Waals surface area contributed by atoms with Gasteiger partial charge in [-0.05, 0) is 25.5 Å². The smallest absolute Gasteiger partial charge is 0.160 e. The molecule has 1 aromatic rings. The van der Waals surface area contributed by atoms with E-state index in [1.54, 1.807) is 13.0 Å². The maximum absolute atomic E-state index is 11.9. The van der Waals surface area contributed by atoms with Gasteiger partial charge in [-0.25, -0.2) is 0 Å². The van der Waals surface area contributed by atoms with Crippen LogP contribution >= 0.6 is 0 Å². The van der Waals surface area contributed by atoms with Crippen LogP contribution < -0.4 is 4.90 Å². The van der Waals surface area contributed by atoms with Crippen molar-refractivity contribution in [1.29, 1.82) is 0 Å². The molecule has 0 bridgehead atoms. The molecule has 1 aromatic carbocycles. The van der Waals surface area contributed by atoms with Crippen LogP contribution in [0.4, 0.5) is 5.69 Å². The molecule has 3 rings (SSSR count). The second kappa shape index (κ2) is 3.94. The molecule has 0 aromatic heterocycles. The van der Waals surface area contributed by atoms with Gasteiger partial charge in [0, 0.05) is 35.8 Å². The quantitative estimate of drug-likeness (QED) is 0.840. The molecular weight excluding hydrogens is 238 g/mol. The van der Waals surface area contributed by atoms with E-state index in [1.165, 1.54) is 0 Å². The van der Waals surface area contributed by atoms with Crippen LogP contribution in [-0.2, 0) is 4.79 Å². The zero-order valence-electron chi connectivity index (χ0n) is 11.4. The maximum atomic E-state index is 11.9. The fraction of sp³-hybridized carbons (Fsp3) is 0.438. The Hall–Kier alpha value is -1.61. The lowest BCUT2D eigenvalue weighted by Crippen LogP contribution is -2.48. The van der Waals surface area contributed by atoms with E-state index in [0.29, 0.717) is 0 Å². The molecule has 19 heavy (non-hydrogen) atoms. The van der Waals surface area contributed by atoms with Gasteiger partial charge in [0.05, 0.1) is 5.60 Å². The van der Waals surface area contributed by atoms with E-state index in [4.69, 9.17) is 0 Å². The highest BCUT2D eigenvalue weighted by Gasteiger charge is 2.54. The number of benzene rings is 1. The van der Waals surface area contributed by atoms with Gasteiger partial charge >= 0.3 is 0 Å². The van der Waals surface area contributed by atoms with E-state index in [1.807, 2.05) is 30.3 Å². The molecule has 0 unspecified atom stereocenters. The van der Waals surface area contributed by atoms with Crippen molar-refractivity contribution in [3.8, 4) is 0 Å². The first-order chi connectivity index (χ1) is 8.94. The number of anilines is 1. The lowest BCUT2D eigenvalue weighted by Gasteiger charge is -2.44. The molecule has 0 radical (unpaired) electrons. The van der Waals surface area contributed by atoms with Gasteiger partial charge in [0.15, 0.2) is 5.78 Å². The summed E-state index contributed by atoms with van der Waals surface area (Å²) < 4.78 is 0. The number of carbonyl (C=O) groups is 1. The number of fused-ring (bicyclic) bond motifs is 1. The fourth-order valence-corrected chi connectivity index (χ4v) is 3.28. The van der Waals surface area contributed by atoms with E-state index in [0.717, 1.165) is 24.4 Å². The highest BCUT2D eigenvalue weighted by atomic mass is 16.3. The third-order valence-electron chi connectivity index (χ3n) is 4.76. The zero-order chi connectivity index (χ0) is 13.7. The highest BCUT2D eigenvalue weighted by molar-refractivity contribution is 5.94. The van der Waals surface area contributed by atoms with Crippen molar-refractivity contribution in [2.24, 2.45) is 5.41 Å². The van der Waals surface area contributed by atoms with E-state index in [9.17, 15) is 9.90 Å². The van der Waals surface area contributed by atoms with E-state index >= 15 is 0 Å². The number of carbonyl (C=O) groups excluding carboxylic acids is 1. The minimum absolute atomic E-state index is 0.0142. The van der Waals surface area contributed by atoms with Crippen molar-refractivity contribution < 1.29 is 9.90 Å². The number of aliphatic hydroxyl groups is 1. The van der Waals surface area contributed by atoms with Crippen LogP contribution in [0.5, 0.6) is 0 Å². The lowest BCUT2D eigenvalue weighted by atomic mass is 9.66. The van der Waals surface area contributed by atoms with Crippen LogP contribution in [0.1, 0.15) is 26.7 Å². The summed E-state index contributed by atoms with van der Waals surface area (Å²) in [5, 5.41) is 10.7. The topological polar surface area (TPSA) is 40.5 Å². The van der Waals surface area contributed by atoms with Crippen LogP contribution in [0, 0.1) is 5.41 Å². The molecule has 3 heteroatoms. The Kier molecular flexibility index (Phi) is 2.58. The summed E-state index contributed by atoms with van der Waals surface area (Å²) in [6.45, 7) is 4.69. The molecule has 1 fully saturated rings. The molecule has 100 valence electrons. The second-order valence-corrected chi connectivity index (χ2v) is 6.02. The Morgan fingerprint density at radius 3 is 2.58 bits per heavy atom. The number of rotatable bonds is 1. The molecule has 0 spiro atoms. The van der Waals surface area contributed by atoms with Gasteiger partial charge in [0.25, 0.3) is 0 Å². The number of nitrogens with zero attached hydrogens (tertiary/aromatic N) is 1. The Bertz CT molecular complexity index is 547. The number of hydrogen-bond donors (Lipinski definition) is 1. The minimum Gasteiger partial charge on any atom is -0.389 e. The summed E-state index contributed by atoms with van der Waals surface area (Å²) in [4.78, 5) is 14.0. The third-order valence-corrected chi connectivity index (χ3v) is 4.76. The normalized spacial score (nSPS) is 34.2. The van der Waals surface area contributed by atoms with Crippen LogP contribution in [-0.4, -0.2) is 23.0 Å². The van der Waals surface area contributed by atoms with Crippen molar-refractivity contribution in [2.45, 2.75) is 32.3 Å². The van der Waals surface area contributed by atoms with Gasteiger partial charge in [0.1, 0.15) is 0 Å². The summed E-state index contributed by atoms with van der Waals surface area (Å²) in [5.74, 6) is 0.0142. The van der Waals surface area contributed by atoms with Crippen molar-refractivity contribution in [3.05, 3.63) is 42.1 Å². The van der Waals surface area contributed by atoms with E-state index < -0.39 is 5.60 Å². The molecular formula is C16H19NO2. The average molecular weight is 257 g/mol. The third kappa shape index (κ3) is 1.72. The molecule has 1 aliphatic heterocycles. The Morgan fingerprint density at radius 1 is 1.21 bits per heavy atom. The monoisotopic (exact) mass is 257 g/mol. The predicted octanol–water partition coefficient (Wildman–Crippen LogP) is 2.51. The Labute approximate surface area is 113 Å². The van der Waals surface area contributed by atoms with Gasteiger partial charge in [-0.1, -0.05) is 25.1 Å². The summed E-state index contributed by atoms with van der Waals surface area (Å²) in [6, 6.07) is 10.1. The largest absolute Gasteiger partial charge is 0.389 e. The van der Waals surface area contributed by atoms with Crippen LogP contribution in [0.3, 0.4) is 0 Å². The number of para-hydroxylation sites is 1. The maximum Gasteiger partial charge on any atom is 0.160 e. The van der Waals surface area contributed by atoms with Crippen molar-refractivity contribution in [2.75, 3.05) is 11.4 Å². The molecule has 0 amide bonds. The van der Waals surface area contributed by atoms with Crippen molar-refractivity contribution in [3.63, 3.8) is 0 Å². The molecule has 1 saturated heterocycles. The Morgan fingerprint density at radius 2 is 1.89 bits per heavy atom. The lowest BCUT2D eigenvalue weighted by molar-refractivity contribution is -0.126. The first-order valence-electron chi connectivity index (χ1n) is 6.74. The molecule has 1 N–H and O–H groups in total. The van der Waals surface area contributed by atoms with Crippen LogP contribution in [0.2, 0.25) is 0 Å². The zero-order valence-corrected chi connectivity index (χ0v) is 11.4. The fourth-order valence-electron chi connectivity index (χ4n) is 3.28. The second-order valence-electron chi connectivity index (χ2n) is 6.02. The number of allylic oxidation sites excluding steroid dienone is 1. The van der Waals surface area contributed by atoms with Crippen LogP contribution in [0.25, 0.3) is 0 Å².